The number of ether oxygens (including phenoxy) is 1. The summed E-state index contributed by atoms with van der Waals surface area (Å²) in [6.07, 6.45) is 1.95. The first-order valence-electron chi connectivity index (χ1n) is 9.18. The van der Waals surface area contributed by atoms with E-state index in [1.165, 1.54) is 17.8 Å². The molecular weight excluding hydrogens is 409 g/mol. The molecule has 1 aliphatic heterocycles. The predicted octanol–water partition coefficient (Wildman–Crippen LogP) is 5.91. The average molecular weight is 432 g/mol. The van der Waals surface area contributed by atoms with E-state index in [9.17, 15) is 4.39 Å². The third-order valence-electron chi connectivity index (χ3n) is 4.59. The number of rotatable bonds is 4. The van der Waals surface area contributed by atoms with Gasteiger partial charge in [-0.15, -0.1) is 11.8 Å². The molecule has 2 aromatic carbocycles. The molecule has 29 heavy (non-hydrogen) atoms. The fourth-order valence-electron chi connectivity index (χ4n) is 2.92. The van der Waals surface area contributed by atoms with Crippen LogP contribution < -0.4 is 4.74 Å². The molecule has 0 unspecified atom stereocenters. The number of hydrogen-bond acceptors (Lipinski definition) is 5. The van der Waals surface area contributed by atoms with Crippen molar-refractivity contribution in [1.29, 1.82) is 0 Å². The van der Waals surface area contributed by atoms with E-state index in [4.69, 9.17) is 26.3 Å². The number of aliphatic imine (C=N–C) groups is 2. The van der Waals surface area contributed by atoms with Crippen LogP contribution >= 0.6 is 23.4 Å². The molecular formula is C22H23ClFN3OS. The van der Waals surface area contributed by atoms with Gasteiger partial charge in [0.2, 0.25) is 0 Å². The molecule has 0 aliphatic carbocycles. The summed E-state index contributed by atoms with van der Waals surface area (Å²) in [6, 6.07) is 10.5. The van der Waals surface area contributed by atoms with Gasteiger partial charge in [0, 0.05) is 42.0 Å². The lowest BCUT2D eigenvalue weighted by Crippen LogP contribution is -2.14. The normalized spacial score (nSPS) is 15.1. The molecule has 0 N–H and O–H groups in total. The number of benzene rings is 2. The fourth-order valence-corrected chi connectivity index (χ4v) is 3.72. The van der Waals surface area contributed by atoms with Crippen molar-refractivity contribution in [3.8, 4) is 5.75 Å². The number of allylic oxidation sites excluding steroid dienone is 1. The maximum atomic E-state index is 14.8. The summed E-state index contributed by atoms with van der Waals surface area (Å²) in [5.41, 5.74) is 4.15. The average Bonchev–Trinajstić information content (AvgIpc) is 2.85. The Morgan fingerprint density at radius 3 is 2.52 bits per heavy atom. The third kappa shape index (κ3) is 4.33. The Morgan fingerprint density at radius 2 is 1.90 bits per heavy atom. The number of nitrogens with zero attached hydrogens (tertiary/aromatic N) is 3. The van der Waals surface area contributed by atoms with Gasteiger partial charge in [0.15, 0.2) is 11.6 Å². The Bertz CT molecular complexity index is 1030. The van der Waals surface area contributed by atoms with Crippen LogP contribution in [-0.2, 0) is 0 Å². The quantitative estimate of drug-likeness (QED) is 0.603. The Labute approximate surface area is 180 Å². The van der Waals surface area contributed by atoms with Crippen LogP contribution in [0.15, 0.2) is 57.8 Å². The highest BCUT2D eigenvalue weighted by atomic mass is 35.5. The first-order chi connectivity index (χ1) is 13.9. The van der Waals surface area contributed by atoms with Gasteiger partial charge in [0.05, 0.1) is 18.0 Å². The van der Waals surface area contributed by atoms with Crippen LogP contribution in [0.4, 0.5) is 10.1 Å². The van der Waals surface area contributed by atoms with E-state index in [-0.39, 0.29) is 5.75 Å². The molecule has 152 valence electrons. The molecule has 0 bridgehead atoms. The Hall–Kier alpha value is -2.31. The topological polar surface area (TPSA) is 37.2 Å². The first-order valence-corrected chi connectivity index (χ1v) is 10.8. The Balaban J connectivity index is 2.39. The smallest absolute Gasteiger partial charge is 0.165 e. The first kappa shape index (κ1) is 21.4. The Morgan fingerprint density at radius 1 is 1.17 bits per heavy atom. The molecule has 0 fully saturated rings. The van der Waals surface area contributed by atoms with Crippen LogP contribution in [0.25, 0.3) is 0 Å². The van der Waals surface area contributed by atoms with Gasteiger partial charge < -0.3 is 9.64 Å². The second-order valence-corrected chi connectivity index (χ2v) is 7.82. The molecule has 0 radical (unpaired) electrons. The van der Waals surface area contributed by atoms with E-state index >= 15 is 0 Å². The van der Waals surface area contributed by atoms with E-state index in [2.05, 4.69) is 0 Å². The summed E-state index contributed by atoms with van der Waals surface area (Å²) in [5.74, 6) is -0.284. The number of thioether (sulfide) groups is 1. The highest BCUT2D eigenvalue weighted by Crippen LogP contribution is 2.36. The summed E-state index contributed by atoms with van der Waals surface area (Å²) in [7, 11) is 3.91. The monoisotopic (exact) mass is 431 g/mol. The molecule has 0 saturated carbocycles. The lowest BCUT2D eigenvalue weighted by atomic mass is 10.00. The molecule has 1 heterocycles. The minimum atomic E-state index is -0.456. The lowest BCUT2D eigenvalue weighted by molar-refractivity contribution is 0.321. The highest BCUT2D eigenvalue weighted by Gasteiger charge is 2.24. The van der Waals surface area contributed by atoms with Crippen LogP contribution in [-0.4, -0.2) is 42.6 Å². The lowest BCUT2D eigenvalue weighted by Gasteiger charge is -2.17. The van der Waals surface area contributed by atoms with Crippen molar-refractivity contribution in [2.75, 3.05) is 27.0 Å². The van der Waals surface area contributed by atoms with Gasteiger partial charge in [-0.3, -0.25) is 0 Å². The van der Waals surface area contributed by atoms with E-state index in [0.29, 0.717) is 28.6 Å². The van der Waals surface area contributed by atoms with Gasteiger partial charge in [0.25, 0.3) is 0 Å². The van der Waals surface area contributed by atoms with Crippen molar-refractivity contribution < 1.29 is 9.13 Å². The van der Waals surface area contributed by atoms with Crippen LogP contribution in [0.5, 0.6) is 5.75 Å². The SMILES string of the molecule is CCOc1cc2c(cc1F)C(c1ccccc1Cl)=NC(=C(C)N(C)C)C(SC)=N2. The van der Waals surface area contributed by atoms with Crippen LogP contribution in [0.1, 0.15) is 25.0 Å². The largest absolute Gasteiger partial charge is 0.491 e. The van der Waals surface area contributed by atoms with Crippen molar-refractivity contribution in [3.05, 3.63) is 69.8 Å². The standard InChI is InChI=1S/C22H23ClFN3OS/c1-6-28-19-12-18-15(11-17(19)24)21(14-9-7-8-10-16(14)23)26-20(13(2)27(3)4)22(25-18)29-5/h7-12H,6H2,1-5H3. The molecule has 0 amide bonds. The van der Waals surface area contributed by atoms with E-state index in [1.807, 2.05) is 57.3 Å². The van der Waals surface area contributed by atoms with E-state index in [1.54, 1.807) is 12.1 Å². The molecule has 1 aliphatic rings. The Kier molecular flexibility index (Phi) is 6.65. The maximum absolute atomic E-state index is 14.8. The summed E-state index contributed by atoms with van der Waals surface area (Å²) in [6.45, 7) is 4.17. The zero-order chi connectivity index (χ0) is 21.1. The molecule has 0 aromatic heterocycles. The highest BCUT2D eigenvalue weighted by molar-refractivity contribution is 8.13. The van der Waals surface area contributed by atoms with Crippen LogP contribution in [0, 0.1) is 5.82 Å². The van der Waals surface area contributed by atoms with Gasteiger partial charge in [-0.05, 0) is 32.2 Å². The fraction of sp³-hybridized carbons (Fsp3) is 0.273. The predicted molar refractivity (Wildman–Crippen MR) is 122 cm³/mol. The van der Waals surface area contributed by atoms with E-state index < -0.39 is 5.82 Å². The summed E-state index contributed by atoms with van der Waals surface area (Å²) in [4.78, 5) is 11.8. The van der Waals surface area contributed by atoms with Crippen LogP contribution in [0.2, 0.25) is 5.02 Å². The van der Waals surface area contributed by atoms with Crippen LogP contribution in [0.3, 0.4) is 0 Å². The zero-order valence-corrected chi connectivity index (χ0v) is 18.7. The second-order valence-electron chi connectivity index (χ2n) is 6.62. The second kappa shape index (κ2) is 9.01. The molecule has 2 aromatic rings. The van der Waals surface area contributed by atoms with E-state index in [0.717, 1.165) is 22.0 Å². The minimum absolute atomic E-state index is 0.172. The molecule has 3 rings (SSSR count). The number of hydrogen-bond donors (Lipinski definition) is 0. The molecule has 4 nitrogen and oxygen atoms in total. The maximum Gasteiger partial charge on any atom is 0.165 e. The summed E-state index contributed by atoms with van der Waals surface area (Å²) in [5, 5.41) is 1.29. The van der Waals surface area contributed by atoms with Gasteiger partial charge >= 0.3 is 0 Å². The van der Waals surface area contributed by atoms with Crippen molar-refractivity contribution in [2.45, 2.75) is 13.8 Å². The summed E-state index contributed by atoms with van der Waals surface area (Å²) >= 11 is 7.98. The summed E-state index contributed by atoms with van der Waals surface area (Å²) < 4.78 is 20.2. The molecule has 0 saturated heterocycles. The van der Waals surface area contributed by atoms with Gasteiger partial charge in [0.1, 0.15) is 10.7 Å². The minimum Gasteiger partial charge on any atom is -0.491 e. The number of fused-ring (bicyclic) bond motifs is 1. The third-order valence-corrected chi connectivity index (χ3v) is 5.59. The van der Waals surface area contributed by atoms with Crippen molar-refractivity contribution in [1.82, 2.24) is 4.90 Å². The van der Waals surface area contributed by atoms with Crippen molar-refractivity contribution in [2.24, 2.45) is 9.98 Å². The zero-order valence-electron chi connectivity index (χ0n) is 17.1. The van der Waals surface area contributed by atoms with Gasteiger partial charge in [-0.2, -0.15) is 0 Å². The molecule has 0 atom stereocenters. The van der Waals surface area contributed by atoms with Crippen molar-refractivity contribution in [3.63, 3.8) is 0 Å². The van der Waals surface area contributed by atoms with Crippen molar-refractivity contribution >= 4 is 39.8 Å². The van der Waals surface area contributed by atoms with Gasteiger partial charge in [-0.25, -0.2) is 14.4 Å². The molecule has 0 spiro atoms. The molecule has 7 heteroatoms. The van der Waals surface area contributed by atoms with Gasteiger partial charge in [-0.1, -0.05) is 29.8 Å². The number of halogens is 2.